The number of nitrogens with zero attached hydrogens (tertiary/aromatic N) is 4. The van der Waals surface area contributed by atoms with Crippen molar-refractivity contribution in [3.8, 4) is 17.0 Å². The zero-order valence-electron chi connectivity index (χ0n) is 19.4. The highest BCUT2D eigenvalue weighted by molar-refractivity contribution is 6.00. The fourth-order valence-corrected chi connectivity index (χ4v) is 4.92. The van der Waals surface area contributed by atoms with Gasteiger partial charge in [0.15, 0.2) is 0 Å². The van der Waals surface area contributed by atoms with E-state index in [0.717, 1.165) is 31.6 Å². The number of non-ortho nitro benzene ring substituents is 1. The fraction of sp³-hybridized carbons (Fsp3) is 0.360. The first-order valence-corrected chi connectivity index (χ1v) is 11.7. The van der Waals surface area contributed by atoms with Crippen LogP contribution in [0.5, 0.6) is 5.75 Å². The monoisotopic (exact) mass is 477 g/mol. The smallest absolute Gasteiger partial charge is 0.273 e. The maximum Gasteiger partial charge on any atom is 0.273 e. The SMILES string of the molecule is Cc1ccc(O)c(-c2n[nH]c3c2[C@H](c2cccc([N+](=O)[O-])c2)N(CCCN2CCOCC2)C3=O)c1. The minimum Gasteiger partial charge on any atom is -0.507 e. The van der Waals surface area contributed by atoms with E-state index in [0.29, 0.717) is 47.8 Å². The van der Waals surface area contributed by atoms with E-state index in [1.165, 1.54) is 12.1 Å². The molecule has 10 heteroatoms. The molecule has 0 aliphatic carbocycles. The Kier molecular flexibility index (Phi) is 6.23. The van der Waals surface area contributed by atoms with Crippen LogP contribution in [-0.2, 0) is 4.74 Å². The number of hydrogen-bond donors (Lipinski definition) is 2. The molecule has 1 aromatic heterocycles. The number of nitrogens with one attached hydrogen (secondary N) is 1. The molecule has 0 radical (unpaired) electrons. The summed E-state index contributed by atoms with van der Waals surface area (Å²) in [6, 6.07) is 11.0. The third-order valence-electron chi connectivity index (χ3n) is 6.64. The molecule has 1 saturated heterocycles. The quantitative estimate of drug-likeness (QED) is 0.395. The minimum absolute atomic E-state index is 0.0416. The minimum atomic E-state index is -0.559. The van der Waals surface area contributed by atoms with E-state index in [1.54, 1.807) is 29.2 Å². The number of aromatic amines is 1. The fourth-order valence-electron chi connectivity index (χ4n) is 4.92. The van der Waals surface area contributed by atoms with E-state index in [1.807, 2.05) is 13.0 Å². The van der Waals surface area contributed by atoms with Crippen molar-refractivity contribution in [1.29, 1.82) is 0 Å². The number of H-pyrrole nitrogens is 1. The molecule has 10 nitrogen and oxygen atoms in total. The molecule has 3 heterocycles. The second-order valence-electron chi connectivity index (χ2n) is 8.94. The Morgan fingerprint density at radius 2 is 2.00 bits per heavy atom. The largest absolute Gasteiger partial charge is 0.507 e. The first-order chi connectivity index (χ1) is 16.9. The summed E-state index contributed by atoms with van der Waals surface area (Å²) in [5.74, 6) is -0.148. The molecule has 2 N–H and O–H groups in total. The molecule has 0 saturated carbocycles. The van der Waals surface area contributed by atoms with E-state index < -0.39 is 11.0 Å². The van der Waals surface area contributed by atoms with Gasteiger partial charge in [-0.1, -0.05) is 23.8 Å². The standard InChI is InChI=1S/C25H27N5O5/c1-16-6-7-20(31)19(14-16)22-21-23(27-26-22)25(32)29(9-3-8-28-10-12-35-13-11-28)24(21)17-4-2-5-18(15-17)30(33)34/h2,4-7,14-15,24,31H,3,8-13H2,1H3,(H,26,27)/t24-/m0/s1. The number of morpholine rings is 1. The Balaban J connectivity index is 1.53. The van der Waals surface area contributed by atoms with Crippen LogP contribution in [0.2, 0.25) is 0 Å². The molecule has 3 aromatic rings. The molecule has 1 atom stereocenters. The maximum absolute atomic E-state index is 13.5. The molecule has 182 valence electrons. The third-order valence-corrected chi connectivity index (χ3v) is 6.64. The van der Waals surface area contributed by atoms with Crippen LogP contribution in [0, 0.1) is 17.0 Å². The summed E-state index contributed by atoms with van der Waals surface area (Å²) in [5.41, 5.74) is 3.50. The van der Waals surface area contributed by atoms with Crippen molar-refractivity contribution >= 4 is 11.6 Å². The summed E-state index contributed by atoms with van der Waals surface area (Å²) < 4.78 is 5.41. The van der Waals surface area contributed by atoms with Gasteiger partial charge in [0.2, 0.25) is 0 Å². The van der Waals surface area contributed by atoms with Crippen molar-refractivity contribution in [3.05, 3.63) is 75.0 Å². The van der Waals surface area contributed by atoms with Gasteiger partial charge >= 0.3 is 0 Å². The lowest BCUT2D eigenvalue weighted by Gasteiger charge is -2.29. The molecule has 0 bridgehead atoms. The van der Waals surface area contributed by atoms with Crippen molar-refractivity contribution in [3.63, 3.8) is 0 Å². The highest BCUT2D eigenvalue weighted by Gasteiger charge is 2.42. The number of phenolic OH excluding ortho intramolecular Hbond substituents is 1. The van der Waals surface area contributed by atoms with Crippen LogP contribution in [0.3, 0.4) is 0 Å². The number of carbonyl (C=O) groups is 1. The summed E-state index contributed by atoms with van der Waals surface area (Å²) in [7, 11) is 0. The lowest BCUT2D eigenvalue weighted by Crippen LogP contribution is -2.38. The van der Waals surface area contributed by atoms with Gasteiger partial charge in [-0.2, -0.15) is 5.10 Å². The molecule has 2 aromatic carbocycles. The number of amides is 1. The maximum atomic E-state index is 13.5. The second kappa shape index (κ2) is 9.47. The van der Waals surface area contributed by atoms with Gasteiger partial charge in [-0.25, -0.2) is 0 Å². The van der Waals surface area contributed by atoms with Crippen LogP contribution in [0.15, 0.2) is 42.5 Å². The number of aromatic nitrogens is 2. The molecule has 1 amide bonds. The average molecular weight is 478 g/mol. The van der Waals surface area contributed by atoms with Crippen molar-refractivity contribution in [1.82, 2.24) is 20.0 Å². The number of nitro groups is 1. The normalized spacial score (nSPS) is 18.1. The lowest BCUT2D eigenvalue weighted by molar-refractivity contribution is -0.384. The van der Waals surface area contributed by atoms with Gasteiger partial charge in [-0.05, 0) is 31.0 Å². The first-order valence-electron chi connectivity index (χ1n) is 11.7. The highest BCUT2D eigenvalue weighted by atomic mass is 16.6. The molecule has 2 aliphatic heterocycles. The predicted octanol–water partition coefficient (Wildman–Crippen LogP) is 3.27. The first kappa shape index (κ1) is 23.0. The van der Waals surface area contributed by atoms with E-state index >= 15 is 0 Å². The number of fused-ring (bicyclic) bond motifs is 1. The van der Waals surface area contributed by atoms with Crippen LogP contribution >= 0.6 is 0 Å². The molecule has 1 fully saturated rings. The number of benzene rings is 2. The van der Waals surface area contributed by atoms with E-state index in [-0.39, 0.29) is 17.3 Å². The summed E-state index contributed by atoms with van der Waals surface area (Å²) in [5, 5.41) is 29.3. The number of hydrogen-bond acceptors (Lipinski definition) is 7. The van der Waals surface area contributed by atoms with Crippen LogP contribution < -0.4 is 0 Å². The zero-order valence-corrected chi connectivity index (χ0v) is 19.4. The Morgan fingerprint density at radius 1 is 1.20 bits per heavy atom. The predicted molar refractivity (Wildman–Crippen MR) is 128 cm³/mol. The van der Waals surface area contributed by atoms with E-state index in [2.05, 4.69) is 15.1 Å². The van der Waals surface area contributed by atoms with Gasteiger partial charge in [0.05, 0.1) is 24.2 Å². The van der Waals surface area contributed by atoms with Gasteiger partial charge in [-0.15, -0.1) is 0 Å². The molecular formula is C25H27N5O5. The van der Waals surface area contributed by atoms with E-state index in [9.17, 15) is 20.0 Å². The number of aryl methyl sites for hydroxylation is 1. The zero-order chi connectivity index (χ0) is 24.5. The number of phenols is 1. The van der Waals surface area contributed by atoms with E-state index in [4.69, 9.17) is 4.74 Å². The summed E-state index contributed by atoms with van der Waals surface area (Å²) in [6.45, 7) is 6.36. The summed E-state index contributed by atoms with van der Waals surface area (Å²) >= 11 is 0. The molecule has 35 heavy (non-hydrogen) atoms. The van der Waals surface area contributed by atoms with Crippen molar-refractivity contribution in [2.24, 2.45) is 0 Å². The van der Waals surface area contributed by atoms with Crippen molar-refractivity contribution < 1.29 is 19.6 Å². The topological polar surface area (TPSA) is 125 Å². The number of nitro benzene ring substituents is 1. The number of carbonyl (C=O) groups excluding carboxylic acids is 1. The molecule has 2 aliphatic rings. The van der Waals surface area contributed by atoms with Gasteiger partial charge < -0.3 is 14.7 Å². The second-order valence-corrected chi connectivity index (χ2v) is 8.94. The third kappa shape index (κ3) is 4.38. The van der Waals surface area contributed by atoms with Crippen molar-refractivity contribution in [2.45, 2.75) is 19.4 Å². The molecule has 0 unspecified atom stereocenters. The molecule has 0 spiro atoms. The Morgan fingerprint density at radius 3 is 2.77 bits per heavy atom. The number of rotatable bonds is 7. The van der Waals surface area contributed by atoms with Crippen molar-refractivity contribution in [2.75, 3.05) is 39.4 Å². The van der Waals surface area contributed by atoms with Crippen LogP contribution in [0.1, 0.15) is 39.6 Å². The van der Waals surface area contributed by atoms with Gasteiger partial charge in [0, 0.05) is 49.4 Å². The van der Waals surface area contributed by atoms with Gasteiger partial charge in [-0.3, -0.25) is 24.9 Å². The lowest BCUT2D eigenvalue weighted by atomic mass is 9.94. The summed E-state index contributed by atoms with van der Waals surface area (Å²) in [4.78, 5) is 28.6. The van der Waals surface area contributed by atoms with Gasteiger partial charge in [0.1, 0.15) is 17.1 Å². The Labute approximate surface area is 202 Å². The Bertz CT molecular complexity index is 1270. The number of ether oxygens (including phenoxy) is 1. The molecule has 5 rings (SSSR count). The summed E-state index contributed by atoms with van der Waals surface area (Å²) in [6.07, 6.45) is 0.750. The average Bonchev–Trinajstić information content (AvgIpc) is 3.40. The van der Waals surface area contributed by atoms with Crippen LogP contribution in [0.25, 0.3) is 11.3 Å². The van der Waals surface area contributed by atoms with Gasteiger partial charge in [0.25, 0.3) is 11.6 Å². The number of aromatic hydroxyl groups is 1. The molecular weight excluding hydrogens is 450 g/mol. The van der Waals surface area contributed by atoms with Crippen LogP contribution in [0.4, 0.5) is 5.69 Å². The van der Waals surface area contributed by atoms with Crippen LogP contribution in [-0.4, -0.2) is 75.3 Å². The highest BCUT2D eigenvalue weighted by Crippen LogP contribution is 2.45. The Hall–Kier alpha value is -3.76.